The zero-order chi connectivity index (χ0) is 13.5. The van der Waals surface area contributed by atoms with E-state index in [1.54, 1.807) is 0 Å². The van der Waals surface area contributed by atoms with E-state index in [-0.39, 0.29) is 11.9 Å². The summed E-state index contributed by atoms with van der Waals surface area (Å²) in [5.74, 6) is 0.925. The Kier molecular flexibility index (Phi) is 6.11. The molecule has 0 saturated carbocycles. The molecule has 0 aliphatic carbocycles. The van der Waals surface area contributed by atoms with Crippen LogP contribution < -0.4 is 10.6 Å². The second-order valence-corrected chi connectivity index (χ2v) is 6.00. The third-order valence-corrected chi connectivity index (χ3v) is 4.58. The molecule has 4 nitrogen and oxygen atoms in total. The molecule has 2 saturated heterocycles. The Morgan fingerprint density at radius 1 is 1.32 bits per heavy atom. The second-order valence-electron chi connectivity index (χ2n) is 6.00. The topological polar surface area (TPSA) is 44.4 Å². The van der Waals surface area contributed by atoms with Crippen molar-refractivity contribution in [3.05, 3.63) is 0 Å². The van der Waals surface area contributed by atoms with Crippen molar-refractivity contribution in [2.45, 2.75) is 51.5 Å². The molecule has 2 unspecified atom stereocenters. The number of carbonyl (C=O) groups is 1. The van der Waals surface area contributed by atoms with Gasteiger partial charge in [-0.15, -0.1) is 0 Å². The van der Waals surface area contributed by atoms with Gasteiger partial charge in [0.1, 0.15) is 0 Å². The molecule has 2 aliphatic rings. The molecule has 0 aromatic rings. The van der Waals surface area contributed by atoms with Gasteiger partial charge in [0.2, 0.25) is 5.91 Å². The molecular formula is C15H29N3O. The third kappa shape index (κ3) is 4.77. The van der Waals surface area contributed by atoms with Crippen LogP contribution in [0.1, 0.15) is 45.4 Å². The predicted octanol–water partition coefficient (Wildman–Crippen LogP) is 1.37. The fourth-order valence-corrected chi connectivity index (χ4v) is 3.21. The number of piperidine rings is 2. The summed E-state index contributed by atoms with van der Waals surface area (Å²) in [5.41, 5.74) is 0. The minimum atomic E-state index is 0.0417. The average molecular weight is 267 g/mol. The van der Waals surface area contributed by atoms with Crippen LogP contribution in [0.3, 0.4) is 0 Å². The van der Waals surface area contributed by atoms with Gasteiger partial charge >= 0.3 is 0 Å². The van der Waals surface area contributed by atoms with Crippen LogP contribution in [0.15, 0.2) is 0 Å². The van der Waals surface area contributed by atoms with Crippen LogP contribution in [0.25, 0.3) is 0 Å². The minimum absolute atomic E-state index is 0.0417. The first-order chi connectivity index (χ1) is 9.29. The van der Waals surface area contributed by atoms with E-state index in [1.165, 1.54) is 45.2 Å². The summed E-state index contributed by atoms with van der Waals surface area (Å²) < 4.78 is 0. The van der Waals surface area contributed by atoms with Gasteiger partial charge in [0.25, 0.3) is 0 Å². The quantitative estimate of drug-likeness (QED) is 0.791. The summed E-state index contributed by atoms with van der Waals surface area (Å²) in [7, 11) is 0. The van der Waals surface area contributed by atoms with Crippen LogP contribution in [0, 0.1) is 5.92 Å². The van der Waals surface area contributed by atoms with E-state index in [0.717, 1.165) is 32.0 Å². The fourth-order valence-electron chi connectivity index (χ4n) is 3.21. The van der Waals surface area contributed by atoms with Crippen molar-refractivity contribution in [1.29, 1.82) is 0 Å². The molecule has 2 N–H and O–H groups in total. The van der Waals surface area contributed by atoms with Crippen molar-refractivity contribution in [2.75, 3.05) is 32.7 Å². The maximum atomic E-state index is 12.1. The van der Waals surface area contributed by atoms with Gasteiger partial charge in [-0.05, 0) is 51.2 Å². The van der Waals surface area contributed by atoms with Crippen LogP contribution in [0.2, 0.25) is 0 Å². The van der Waals surface area contributed by atoms with Gasteiger partial charge in [-0.25, -0.2) is 0 Å². The van der Waals surface area contributed by atoms with E-state index in [9.17, 15) is 4.79 Å². The van der Waals surface area contributed by atoms with Crippen molar-refractivity contribution >= 4 is 5.91 Å². The Balaban J connectivity index is 1.63. The first kappa shape index (κ1) is 14.8. The van der Waals surface area contributed by atoms with Gasteiger partial charge in [-0.2, -0.15) is 0 Å². The van der Waals surface area contributed by atoms with Gasteiger partial charge in [-0.3, -0.25) is 4.79 Å². The lowest BCUT2D eigenvalue weighted by Gasteiger charge is -2.30. The highest BCUT2D eigenvalue weighted by molar-refractivity contribution is 5.81. The molecule has 2 atom stereocenters. The molecule has 4 heteroatoms. The van der Waals surface area contributed by atoms with Gasteiger partial charge in [0, 0.05) is 13.1 Å². The van der Waals surface area contributed by atoms with E-state index < -0.39 is 0 Å². The molecule has 19 heavy (non-hydrogen) atoms. The minimum Gasteiger partial charge on any atom is -0.353 e. The molecule has 110 valence electrons. The van der Waals surface area contributed by atoms with Crippen molar-refractivity contribution in [1.82, 2.24) is 15.5 Å². The molecule has 0 bridgehead atoms. The number of hydrogen-bond donors (Lipinski definition) is 2. The van der Waals surface area contributed by atoms with Crippen LogP contribution in [0.5, 0.6) is 0 Å². The van der Waals surface area contributed by atoms with Crippen molar-refractivity contribution < 1.29 is 4.79 Å². The largest absolute Gasteiger partial charge is 0.353 e. The molecule has 1 amide bonds. The zero-order valence-electron chi connectivity index (χ0n) is 12.3. The molecule has 2 fully saturated rings. The number of carbonyl (C=O) groups excluding carboxylic acids is 1. The Hall–Kier alpha value is -0.610. The van der Waals surface area contributed by atoms with E-state index in [1.807, 2.05) is 0 Å². The summed E-state index contributed by atoms with van der Waals surface area (Å²) in [4.78, 5) is 14.6. The molecule has 2 heterocycles. The third-order valence-electron chi connectivity index (χ3n) is 4.58. The van der Waals surface area contributed by atoms with Crippen LogP contribution >= 0.6 is 0 Å². The first-order valence-electron chi connectivity index (χ1n) is 8.03. The molecule has 2 aliphatic heterocycles. The summed E-state index contributed by atoms with van der Waals surface area (Å²) in [6.07, 6.45) is 7.42. The Labute approximate surface area is 117 Å². The van der Waals surface area contributed by atoms with Crippen LogP contribution in [-0.2, 0) is 4.79 Å². The number of hydrogen-bond acceptors (Lipinski definition) is 3. The molecule has 0 aromatic heterocycles. The van der Waals surface area contributed by atoms with Crippen molar-refractivity contribution in [3.8, 4) is 0 Å². The first-order valence-corrected chi connectivity index (χ1v) is 8.03. The summed E-state index contributed by atoms with van der Waals surface area (Å²) >= 11 is 0. The molecule has 0 spiro atoms. The molecule has 2 rings (SSSR count). The van der Waals surface area contributed by atoms with E-state index in [2.05, 4.69) is 22.5 Å². The van der Waals surface area contributed by atoms with Gasteiger partial charge in [-0.1, -0.05) is 19.8 Å². The molecule has 0 aromatic carbocycles. The van der Waals surface area contributed by atoms with E-state index >= 15 is 0 Å². The monoisotopic (exact) mass is 267 g/mol. The molecule has 0 radical (unpaired) electrons. The highest BCUT2D eigenvalue weighted by atomic mass is 16.2. The number of amides is 1. The Bertz CT molecular complexity index is 277. The number of likely N-dealkylation sites (tertiary alicyclic amines) is 1. The van der Waals surface area contributed by atoms with E-state index in [4.69, 9.17) is 0 Å². The normalized spacial score (nSPS) is 29.1. The lowest BCUT2D eigenvalue weighted by Crippen LogP contribution is -2.50. The van der Waals surface area contributed by atoms with Crippen LogP contribution in [0.4, 0.5) is 0 Å². The smallest absolute Gasteiger partial charge is 0.237 e. The van der Waals surface area contributed by atoms with Crippen molar-refractivity contribution in [2.24, 2.45) is 5.92 Å². The van der Waals surface area contributed by atoms with Gasteiger partial charge < -0.3 is 15.5 Å². The SMILES string of the molecule is CCC1CCNC(C(=O)NCCN2CCCCC2)C1. The molecular weight excluding hydrogens is 238 g/mol. The standard InChI is InChI=1S/C15H29N3O/c1-2-13-6-7-16-14(12-13)15(19)17-8-11-18-9-4-3-5-10-18/h13-14,16H,2-12H2,1H3,(H,17,19). The maximum Gasteiger partial charge on any atom is 0.237 e. The predicted molar refractivity (Wildman–Crippen MR) is 78.1 cm³/mol. The summed E-state index contributed by atoms with van der Waals surface area (Å²) in [6.45, 7) is 7.43. The second kappa shape index (κ2) is 7.85. The zero-order valence-corrected chi connectivity index (χ0v) is 12.3. The maximum absolute atomic E-state index is 12.1. The van der Waals surface area contributed by atoms with Crippen LogP contribution in [-0.4, -0.2) is 49.6 Å². The number of nitrogens with one attached hydrogen (secondary N) is 2. The number of nitrogens with zero attached hydrogens (tertiary/aromatic N) is 1. The van der Waals surface area contributed by atoms with Crippen molar-refractivity contribution in [3.63, 3.8) is 0 Å². The average Bonchev–Trinajstić information content (AvgIpc) is 2.48. The fraction of sp³-hybridized carbons (Fsp3) is 0.933. The lowest BCUT2D eigenvalue weighted by molar-refractivity contribution is -0.124. The lowest BCUT2D eigenvalue weighted by atomic mass is 9.90. The summed E-state index contributed by atoms with van der Waals surface area (Å²) in [5, 5.41) is 6.45. The Morgan fingerprint density at radius 2 is 2.11 bits per heavy atom. The highest BCUT2D eigenvalue weighted by Gasteiger charge is 2.25. The highest BCUT2D eigenvalue weighted by Crippen LogP contribution is 2.19. The van der Waals surface area contributed by atoms with E-state index in [0.29, 0.717) is 0 Å². The Morgan fingerprint density at radius 3 is 2.84 bits per heavy atom. The van der Waals surface area contributed by atoms with Gasteiger partial charge in [0.05, 0.1) is 6.04 Å². The summed E-state index contributed by atoms with van der Waals surface area (Å²) in [6, 6.07) is 0.0417. The van der Waals surface area contributed by atoms with Gasteiger partial charge in [0.15, 0.2) is 0 Å². The number of rotatable bonds is 5.